The van der Waals surface area contributed by atoms with Crippen LogP contribution in [-0.4, -0.2) is 24.4 Å². The number of hydrogen-bond donors (Lipinski definition) is 1. The molecule has 0 bridgehead atoms. The number of halogens is 2. The third kappa shape index (κ3) is 3.66. The number of rotatable bonds is 3. The average Bonchev–Trinajstić information content (AvgIpc) is 2.89. The molecule has 2 aromatic rings. The van der Waals surface area contributed by atoms with E-state index >= 15 is 0 Å². The Labute approximate surface area is 144 Å². The minimum Gasteiger partial charge on any atom is -0.347 e. The van der Waals surface area contributed by atoms with Gasteiger partial charge in [-0.1, -0.05) is 23.2 Å². The van der Waals surface area contributed by atoms with Crippen molar-refractivity contribution in [1.29, 1.82) is 0 Å². The molecule has 1 N–H and O–H groups in total. The van der Waals surface area contributed by atoms with Gasteiger partial charge in [-0.05, 0) is 48.5 Å². The highest BCUT2D eigenvalue weighted by molar-refractivity contribution is 6.31. The molecule has 1 aliphatic rings. The SMILES string of the molecule is O=C(N[C@H]1CC(=O)N(c2ccc(Cl)cc2)C1)c1ccc(Cl)cc1. The zero-order chi connectivity index (χ0) is 16.4. The van der Waals surface area contributed by atoms with Crippen molar-refractivity contribution in [2.45, 2.75) is 12.5 Å². The molecule has 1 aliphatic heterocycles. The molecule has 118 valence electrons. The van der Waals surface area contributed by atoms with E-state index in [1.807, 2.05) is 0 Å². The van der Waals surface area contributed by atoms with Crippen molar-refractivity contribution >= 4 is 40.7 Å². The lowest BCUT2D eigenvalue weighted by Gasteiger charge is -2.17. The second-order valence-electron chi connectivity index (χ2n) is 5.36. The average molecular weight is 349 g/mol. The van der Waals surface area contributed by atoms with Gasteiger partial charge < -0.3 is 10.2 Å². The van der Waals surface area contributed by atoms with Gasteiger partial charge in [-0.3, -0.25) is 9.59 Å². The van der Waals surface area contributed by atoms with Crippen LogP contribution in [0.4, 0.5) is 5.69 Å². The Morgan fingerprint density at radius 2 is 1.57 bits per heavy atom. The quantitative estimate of drug-likeness (QED) is 0.922. The van der Waals surface area contributed by atoms with Crippen molar-refractivity contribution in [3.63, 3.8) is 0 Å². The predicted octanol–water partition coefficient (Wildman–Crippen LogP) is 3.53. The van der Waals surface area contributed by atoms with Gasteiger partial charge in [-0.2, -0.15) is 0 Å². The summed E-state index contributed by atoms with van der Waals surface area (Å²) < 4.78 is 0. The van der Waals surface area contributed by atoms with Crippen molar-refractivity contribution in [2.24, 2.45) is 0 Å². The number of carbonyl (C=O) groups excluding carboxylic acids is 2. The van der Waals surface area contributed by atoms with Crippen LogP contribution in [0.25, 0.3) is 0 Å². The second-order valence-corrected chi connectivity index (χ2v) is 6.24. The van der Waals surface area contributed by atoms with Crippen LogP contribution in [0, 0.1) is 0 Å². The summed E-state index contributed by atoms with van der Waals surface area (Å²) in [6.45, 7) is 0.444. The van der Waals surface area contributed by atoms with Gasteiger partial charge in [0.15, 0.2) is 0 Å². The molecule has 0 aromatic heterocycles. The molecule has 0 unspecified atom stereocenters. The van der Waals surface area contributed by atoms with E-state index in [-0.39, 0.29) is 24.3 Å². The standard InChI is InChI=1S/C17H14Cl2N2O2/c18-12-3-1-11(2-4-12)17(23)20-14-9-16(22)21(10-14)15-7-5-13(19)6-8-15/h1-8,14H,9-10H2,(H,20,23)/t14-/m0/s1. The van der Waals surface area contributed by atoms with E-state index in [9.17, 15) is 9.59 Å². The summed E-state index contributed by atoms with van der Waals surface area (Å²) in [5, 5.41) is 4.08. The first-order valence-electron chi connectivity index (χ1n) is 7.15. The minimum absolute atomic E-state index is 0.0197. The number of carbonyl (C=O) groups is 2. The molecule has 0 aliphatic carbocycles. The molecule has 2 amide bonds. The summed E-state index contributed by atoms with van der Waals surface area (Å²) in [4.78, 5) is 26.0. The van der Waals surface area contributed by atoms with Crippen LogP contribution in [0.2, 0.25) is 10.0 Å². The van der Waals surface area contributed by atoms with Crippen LogP contribution in [0.3, 0.4) is 0 Å². The Morgan fingerprint density at radius 3 is 2.17 bits per heavy atom. The number of nitrogens with one attached hydrogen (secondary N) is 1. The fraction of sp³-hybridized carbons (Fsp3) is 0.176. The number of anilines is 1. The second kappa shape index (κ2) is 6.60. The molecule has 0 spiro atoms. The molecule has 0 saturated carbocycles. The van der Waals surface area contributed by atoms with Gasteiger partial charge in [-0.25, -0.2) is 0 Å². The molecule has 4 nitrogen and oxygen atoms in total. The van der Waals surface area contributed by atoms with Crippen LogP contribution >= 0.6 is 23.2 Å². The van der Waals surface area contributed by atoms with E-state index in [2.05, 4.69) is 5.32 Å². The van der Waals surface area contributed by atoms with Gasteiger partial charge in [0.25, 0.3) is 5.91 Å². The zero-order valence-corrected chi connectivity index (χ0v) is 13.6. The maximum atomic E-state index is 12.2. The van der Waals surface area contributed by atoms with Gasteiger partial charge in [-0.15, -0.1) is 0 Å². The largest absolute Gasteiger partial charge is 0.347 e. The van der Waals surface area contributed by atoms with Crippen LogP contribution in [0.5, 0.6) is 0 Å². The van der Waals surface area contributed by atoms with Crippen molar-refractivity contribution in [3.05, 3.63) is 64.1 Å². The summed E-state index contributed by atoms with van der Waals surface area (Å²) >= 11 is 11.7. The summed E-state index contributed by atoms with van der Waals surface area (Å²) in [5.74, 6) is -0.230. The van der Waals surface area contributed by atoms with E-state index < -0.39 is 0 Å². The van der Waals surface area contributed by atoms with Gasteiger partial charge >= 0.3 is 0 Å². The Hall–Kier alpha value is -2.04. The molecule has 1 saturated heterocycles. The van der Waals surface area contributed by atoms with E-state index in [0.29, 0.717) is 22.2 Å². The Kier molecular flexibility index (Phi) is 4.55. The van der Waals surface area contributed by atoms with Crippen LogP contribution in [0.15, 0.2) is 48.5 Å². The van der Waals surface area contributed by atoms with Crippen LogP contribution in [0.1, 0.15) is 16.8 Å². The van der Waals surface area contributed by atoms with Gasteiger partial charge in [0.2, 0.25) is 5.91 Å². The third-order valence-electron chi connectivity index (χ3n) is 3.70. The lowest BCUT2D eigenvalue weighted by Crippen LogP contribution is -2.37. The molecule has 1 atom stereocenters. The Bertz CT molecular complexity index is 729. The monoisotopic (exact) mass is 348 g/mol. The van der Waals surface area contributed by atoms with Crippen molar-refractivity contribution < 1.29 is 9.59 Å². The fourth-order valence-electron chi connectivity index (χ4n) is 2.54. The lowest BCUT2D eigenvalue weighted by molar-refractivity contribution is -0.117. The number of nitrogens with zero attached hydrogens (tertiary/aromatic N) is 1. The normalized spacial score (nSPS) is 17.4. The predicted molar refractivity (Wildman–Crippen MR) is 91.1 cm³/mol. The molecule has 6 heteroatoms. The number of benzene rings is 2. The maximum absolute atomic E-state index is 12.2. The van der Waals surface area contributed by atoms with Gasteiger partial charge in [0.1, 0.15) is 0 Å². The molecule has 0 radical (unpaired) electrons. The fourth-order valence-corrected chi connectivity index (χ4v) is 2.80. The topological polar surface area (TPSA) is 49.4 Å². The van der Waals surface area contributed by atoms with Crippen LogP contribution in [-0.2, 0) is 4.79 Å². The molecular weight excluding hydrogens is 335 g/mol. The zero-order valence-electron chi connectivity index (χ0n) is 12.1. The summed E-state index contributed by atoms with van der Waals surface area (Å²) in [6.07, 6.45) is 0.280. The highest BCUT2D eigenvalue weighted by Crippen LogP contribution is 2.23. The molecule has 23 heavy (non-hydrogen) atoms. The number of amides is 2. The van der Waals surface area contributed by atoms with Crippen molar-refractivity contribution in [1.82, 2.24) is 5.32 Å². The Balaban J connectivity index is 1.66. The van der Waals surface area contributed by atoms with Crippen LogP contribution < -0.4 is 10.2 Å². The molecule has 1 fully saturated rings. The maximum Gasteiger partial charge on any atom is 0.251 e. The van der Waals surface area contributed by atoms with Crippen molar-refractivity contribution in [2.75, 3.05) is 11.4 Å². The first-order chi connectivity index (χ1) is 11.0. The highest BCUT2D eigenvalue weighted by Gasteiger charge is 2.31. The first-order valence-corrected chi connectivity index (χ1v) is 7.91. The molecule has 1 heterocycles. The number of hydrogen-bond acceptors (Lipinski definition) is 2. The highest BCUT2D eigenvalue weighted by atomic mass is 35.5. The third-order valence-corrected chi connectivity index (χ3v) is 4.21. The minimum atomic E-state index is -0.221. The lowest BCUT2D eigenvalue weighted by atomic mass is 10.2. The van der Waals surface area contributed by atoms with Crippen molar-refractivity contribution in [3.8, 4) is 0 Å². The molecule has 2 aromatic carbocycles. The Morgan fingerprint density at radius 1 is 1.00 bits per heavy atom. The summed E-state index contributed by atoms with van der Waals surface area (Å²) in [5.41, 5.74) is 1.30. The first kappa shape index (κ1) is 15.8. The molecule has 3 rings (SSSR count). The molecular formula is C17H14Cl2N2O2. The smallest absolute Gasteiger partial charge is 0.251 e. The summed E-state index contributed by atoms with van der Waals surface area (Å²) in [7, 11) is 0. The van der Waals surface area contributed by atoms with E-state index in [1.165, 1.54) is 0 Å². The van der Waals surface area contributed by atoms with E-state index in [0.717, 1.165) is 5.69 Å². The summed E-state index contributed by atoms with van der Waals surface area (Å²) in [6, 6.07) is 13.5. The van der Waals surface area contributed by atoms with Gasteiger partial charge in [0, 0.05) is 34.3 Å². The van der Waals surface area contributed by atoms with E-state index in [1.54, 1.807) is 53.4 Å². The van der Waals surface area contributed by atoms with E-state index in [4.69, 9.17) is 23.2 Å². The van der Waals surface area contributed by atoms with Gasteiger partial charge in [0.05, 0.1) is 6.04 Å².